The molecule has 1 saturated heterocycles. The largest absolute Gasteiger partial charge is 0.339 e. The molecule has 3 fully saturated rings. The second-order valence-corrected chi connectivity index (χ2v) is 11.3. The van der Waals surface area contributed by atoms with Crippen LogP contribution in [-0.4, -0.2) is 42.8 Å². The van der Waals surface area contributed by atoms with E-state index in [1.807, 2.05) is 4.90 Å². The molecule has 1 aliphatic heterocycles. The number of carbonyl (C=O) groups excluding carboxylic acids is 1. The summed E-state index contributed by atoms with van der Waals surface area (Å²) in [6, 6.07) is 6.40. The van der Waals surface area contributed by atoms with E-state index in [1.165, 1.54) is 11.1 Å². The van der Waals surface area contributed by atoms with E-state index in [2.05, 4.69) is 32.0 Å². The second-order valence-electron chi connectivity index (χ2n) is 8.75. The fourth-order valence-electron chi connectivity index (χ4n) is 5.12. The molecule has 1 amide bonds. The van der Waals surface area contributed by atoms with Gasteiger partial charge < -0.3 is 4.90 Å². The minimum atomic E-state index is -3.11. The lowest BCUT2D eigenvalue weighted by Crippen LogP contribution is -2.59. The minimum Gasteiger partial charge on any atom is -0.339 e. The zero-order chi connectivity index (χ0) is 18.6. The molecule has 0 unspecified atom stereocenters. The molecule has 4 nitrogen and oxygen atoms in total. The van der Waals surface area contributed by atoms with Crippen LogP contribution < -0.4 is 0 Å². The van der Waals surface area contributed by atoms with Gasteiger partial charge in [0.1, 0.15) is 0 Å². The van der Waals surface area contributed by atoms with Gasteiger partial charge in [-0.05, 0) is 45.1 Å². The highest BCUT2D eigenvalue weighted by Crippen LogP contribution is 2.51. The molecule has 0 bridgehead atoms. The van der Waals surface area contributed by atoms with E-state index in [9.17, 15) is 13.2 Å². The lowest BCUT2D eigenvalue weighted by Gasteiger charge is -2.45. The molecular formula is C21H29NO3S. The lowest BCUT2D eigenvalue weighted by molar-refractivity contribution is -0.134. The van der Waals surface area contributed by atoms with Crippen molar-refractivity contribution in [2.45, 2.75) is 69.0 Å². The van der Waals surface area contributed by atoms with Crippen LogP contribution in [0.3, 0.4) is 0 Å². The average Bonchev–Trinajstić information content (AvgIpc) is 3.39. The Morgan fingerprint density at radius 2 is 1.58 bits per heavy atom. The summed E-state index contributed by atoms with van der Waals surface area (Å²) >= 11 is 0. The fourth-order valence-corrected chi connectivity index (χ4v) is 7.27. The molecule has 3 aliphatic rings. The van der Waals surface area contributed by atoms with Crippen LogP contribution in [-0.2, 0) is 20.0 Å². The first kappa shape index (κ1) is 18.0. The number of nitrogens with zero attached hydrogens (tertiary/aromatic N) is 1. The summed E-state index contributed by atoms with van der Waals surface area (Å²) < 4.78 is 24.9. The van der Waals surface area contributed by atoms with Crippen LogP contribution in [0.5, 0.6) is 0 Å². The van der Waals surface area contributed by atoms with Gasteiger partial charge in [0.15, 0.2) is 9.84 Å². The molecule has 2 aliphatic carbocycles. The zero-order valence-electron chi connectivity index (χ0n) is 15.9. The summed E-state index contributed by atoms with van der Waals surface area (Å²) in [5.41, 5.74) is 3.08. The molecule has 142 valence electrons. The molecule has 2 saturated carbocycles. The molecule has 0 aromatic heterocycles. The first-order valence-corrected chi connectivity index (χ1v) is 11.5. The standard InChI is InChI=1S/C21H29NO3S/c1-16-12-17(2)14-18(13-16)21(8-9-21)19(23)22-10-11-26(24,25)20(15-22)6-4-3-5-7-20/h12-14H,3-11,15H2,1-2H3. The van der Waals surface area contributed by atoms with Crippen molar-refractivity contribution in [2.24, 2.45) is 0 Å². The topological polar surface area (TPSA) is 54.5 Å². The maximum Gasteiger partial charge on any atom is 0.233 e. The van der Waals surface area contributed by atoms with Crippen LogP contribution >= 0.6 is 0 Å². The molecule has 1 heterocycles. The molecule has 0 atom stereocenters. The van der Waals surface area contributed by atoms with E-state index in [-0.39, 0.29) is 11.7 Å². The van der Waals surface area contributed by atoms with Gasteiger partial charge in [-0.3, -0.25) is 4.79 Å². The summed E-state index contributed by atoms with van der Waals surface area (Å²) in [5, 5.41) is 0. The maximum atomic E-state index is 13.5. The molecule has 5 heteroatoms. The lowest BCUT2D eigenvalue weighted by atomic mass is 9.86. The number of hydrogen-bond acceptors (Lipinski definition) is 3. The van der Waals surface area contributed by atoms with Crippen molar-refractivity contribution in [1.82, 2.24) is 4.90 Å². The highest BCUT2D eigenvalue weighted by Gasteiger charge is 2.56. The first-order chi connectivity index (χ1) is 12.3. The highest BCUT2D eigenvalue weighted by atomic mass is 32.2. The van der Waals surface area contributed by atoms with E-state index >= 15 is 0 Å². The summed E-state index contributed by atoms with van der Waals surface area (Å²) in [4.78, 5) is 15.4. The molecule has 0 radical (unpaired) electrons. The second kappa shape index (κ2) is 6.08. The third-order valence-corrected chi connectivity index (χ3v) is 9.33. The van der Waals surface area contributed by atoms with E-state index in [1.54, 1.807) is 0 Å². The van der Waals surface area contributed by atoms with Crippen molar-refractivity contribution in [3.63, 3.8) is 0 Å². The van der Waals surface area contributed by atoms with Crippen molar-refractivity contribution in [3.8, 4) is 0 Å². The van der Waals surface area contributed by atoms with Crippen LogP contribution in [0.15, 0.2) is 18.2 Å². The Labute approximate surface area is 156 Å². The fraction of sp³-hybridized carbons (Fsp3) is 0.667. The Morgan fingerprint density at radius 1 is 0.962 bits per heavy atom. The van der Waals surface area contributed by atoms with Gasteiger partial charge in [-0.15, -0.1) is 0 Å². The minimum absolute atomic E-state index is 0.127. The number of benzene rings is 1. The third kappa shape index (κ3) is 2.79. The Bertz CT molecular complexity index is 813. The Morgan fingerprint density at radius 3 is 2.15 bits per heavy atom. The van der Waals surface area contributed by atoms with Crippen molar-refractivity contribution in [1.29, 1.82) is 0 Å². The van der Waals surface area contributed by atoms with Crippen LogP contribution in [0.25, 0.3) is 0 Å². The van der Waals surface area contributed by atoms with Crippen molar-refractivity contribution in [2.75, 3.05) is 18.8 Å². The van der Waals surface area contributed by atoms with Crippen LogP contribution in [0.2, 0.25) is 0 Å². The van der Waals surface area contributed by atoms with Crippen LogP contribution in [0, 0.1) is 13.8 Å². The molecule has 26 heavy (non-hydrogen) atoms. The Balaban J connectivity index is 1.62. The van der Waals surface area contributed by atoms with E-state index in [4.69, 9.17) is 0 Å². The number of sulfone groups is 1. The van der Waals surface area contributed by atoms with Crippen molar-refractivity contribution < 1.29 is 13.2 Å². The summed E-state index contributed by atoms with van der Waals surface area (Å²) in [7, 11) is -3.11. The number of aryl methyl sites for hydroxylation is 2. The monoisotopic (exact) mass is 375 g/mol. The van der Waals surface area contributed by atoms with E-state index < -0.39 is 20.0 Å². The van der Waals surface area contributed by atoms with Gasteiger partial charge in [0.25, 0.3) is 0 Å². The van der Waals surface area contributed by atoms with Crippen LogP contribution in [0.4, 0.5) is 0 Å². The highest BCUT2D eigenvalue weighted by molar-refractivity contribution is 7.92. The summed E-state index contributed by atoms with van der Waals surface area (Å²) in [6.07, 6.45) is 6.23. The van der Waals surface area contributed by atoms with E-state index in [0.717, 1.165) is 50.5 Å². The average molecular weight is 376 g/mol. The van der Waals surface area contributed by atoms with Crippen LogP contribution in [0.1, 0.15) is 61.6 Å². The number of amides is 1. The molecule has 0 N–H and O–H groups in total. The van der Waals surface area contributed by atoms with Gasteiger partial charge in [-0.1, -0.05) is 48.6 Å². The predicted octanol–water partition coefficient (Wildman–Crippen LogP) is 3.29. The number of rotatable bonds is 2. The number of carbonyl (C=O) groups is 1. The van der Waals surface area contributed by atoms with Gasteiger partial charge in [0.05, 0.1) is 15.9 Å². The summed E-state index contributed by atoms with van der Waals surface area (Å²) in [6.45, 7) is 4.90. The SMILES string of the molecule is Cc1cc(C)cc(C2(C(=O)N3CCS(=O)(=O)C4(CCCCC4)C3)CC2)c1. The molecule has 1 aromatic rings. The molecular weight excluding hydrogens is 346 g/mol. The Hall–Kier alpha value is -1.36. The summed E-state index contributed by atoms with van der Waals surface area (Å²) in [5.74, 6) is 0.282. The smallest absolute Gasteiger partial charge is 0.233 e. The first-order valence-electron chi connectivity index (χ1n) is 9.89. The van der Waals surface area contributed by atoms with Gasteiger partial charge in [0.2, 0.25) is 5.91 Å². The Kier molecular flexibility index (Phi) is 4.22. The van der Waals surface area contributed by atoms with Crippen molar-refractivity contribution in [3.05, 3.63) is 34.9 Å². The molecule has 4 rings (SSSR count). The zero-order valence-corrected chi connectivity index (χ0v) is 16.7. The predicted molar refractivity (Wildman–Crippen MR) is 103 cm³/mol. The van der Waals surface area contributed by atoms with Gasteiger partial charge in [-0.2, -0.15) is 0 Å². The van der Waals surface area contributed by atoms with Gasteiger partial charge in [-0.25, -0.2) is 8.42 Å². The molecule has 1 spiro atoms. The van der Waals surface area contributed by atoms with Crippen molar-refractivity contribution >= 4 is 15.7 Å². The van der Waals surface area contributed by atoms with Gasteiger partial charge >= 0.3 is 0 Å². The quantitative estimate of drug-likeness (QED) is 0.797. The normalized spacial score (nSPS) is 25.8. The molecule has 1 aromatic carbocycles. The third-order valence-electron chi connectivity index (χ3n) is 6.75. The maximum absolute atomic E-state index is 13.5. The number of hydrogen-bond donors (Lipinski definition) is 0. The van der Waals surface area contributed by atoms with Gasteiger partial charge in [0, 0.05) is 13.1 Å². The van der Waals surface area contributed by atoms with E-state index in [0.29, 0.717) is 13.1 Å².